The molecule has 0 atom stereocenters. The van der Waals surface area contributed by atoms with Crippen LogP contribution in [0.15, 0.2) is 27.7 Å². The molecule has 0 amide bonds. The van der Waals surface area contributed by atoms with Gasteiger partial charge in [-0.25, -0.2) is 4.99 Å². The Morgan fingerprint density at radius 3 is 3.06 bits per heavy atom. The third-order valence-electron chi connectivity index (χ3n) is 4.05. The zero-order valence-electron chi connectivity index (χ0n) is 8.99. The first kappa shape index (κ1) is 9.23. The fraction of sp³-hybridized carbons (Fsp3) is 0.462. The minimum absolute atomic E-state index is 0.755. The number of amidine groups is 1. The maximum atomic E-state index is 4.86. The molecule has 0 radical (unpaired) electrons. The fourth-order valence-electron chi connectivity index (χ4n) is 3.17. The van der Waals surface area contributed by atoms with Crippen molar-refractivity contribution in [2.24, 2.45) is 16.8 Å². The summed E-state index contributed by atoms with van der Waals surface area (Å²) in [6.07, 6.45) is 2.75. The smallest absolute Gasteiger partial charge is 0.108 e. The number of halogens is 1. The lowest BCUT2D eigenvalue weighted by Crippen LogP contribution is -2.53. The molecule has 0 aromatic heterocycles. The number of piperidine rings is 2. The van der Waals surface area contributed by atoms with E-state index in [9.17, 15) is 0 Å². The van der Waals surface area contributed by atoms with Crippen molar-refractivity contribution in [3.05, 3.63) is 28.2 Å². The van der Waals surface area contributed by atoms with E-state index in [1.807, 2.05) is 0 Å². The molecule has 1 aliphatic carbocycles. The minimum atomic E-state index is 0.755. The summed E-state index contributed by atoms with van der Waals surface area (Å²) in [6.45, 7) is 2.29. The van der Waals surface area contributed by atoms with E-state index in [0.717, 1.165) is 22.9 Å². The lowest BCUT2D eigenvalue weighted by Gasteiger charge is -2.50. The van der Waals surface area contributed by atoms with Gasteiger partial charge in [0.2, 0.25) is 0 Å². The molecule has 3 heteroatoms. The van der Waals surface area contributed by atoms with Gasteiger partial charge in [0.15, 0.2) is 0 Å². The largest absolute Gasteiger partial charge is 0.355 e. The van der Waals surface area contributed by atoms with Crippen LogP contribution in [0, 0.1) is 11.8 Å². The molecule has 0 unspecified atom stereocenters. The number of nitrogens with zero attached hydrogens (tertiary/aromatic N) is 2. The molecule has 1 aromatic rings. The average molecular weight is 277 g/mol. The van der Waals surface area contributed by atoms with Gasteiger partial charge in [-0.2, -0.15) is 0 Å². The predicted octanol–water partition coefficient (Wildman–Crippen LogP) is 3.33. The highest BCUT2D eigenvalue weighted by molar-refractivity contribution is 9.10. The summed E-state index contributed by atoms with van der Waals surface area (Å²) >= 11 is 3.52. The van der Waals surface area contributed by atoms with Gasteiger partial charge in [0, 0.05) is 23.5 Å². The quantitative estimate of drug-likeness (QED) is 0.710. The first-order chi connectivity index (χ1) is 7.79. The van der Waals surface area contributed by atoms with Crippen molar-refractivity contribution in [3.8, 4) is 0 Å². The first-order valence-corrected chi connectivity index (χ1v) is 6.71. The number of rotatable bonds is 0. The van der Waals surface area contributed by atoms with Crippen molar-refractivity contribution < 1.29 is 0 Å². The van der Waals surface area contributed by atoms with Gasteiger partial charge in [-0.1, -0.05) is 22.0 Å². The van der Waals surface area contributed by atoms with Gasteiger partial charge in [-0.05, 0) is 36.5 Å². The van der Waals surface area contributed by atoms with Gasteiger partial charge < -0.3 is 4.90 Å². The van der Waals surface area contributed by atoms with E-state index < -0.39 is 0 Å². The Kier molecular flexibility index (Phi) is 1.79. The molecule has 3 fully saturated rings. The molecule has 2 nitrogen and oxygen atoms in total. The summed E-state index contributed by atoms with van der Waals surface area (Å²) in [4.78, 5) is 7.34. The topological polar surface area (TPSA) is 15.6 Å². The van der Waals surface area contributed by atoms with E-state index in [0.29, 0.717) is 0 Å². The molecule has 3 heterocycles. The Hall–Kier alpha value is -0.830. The van der Waals surface area contributed by atoms with Crippen LogP contribution in [0.5, 0.6) is 0 Å². The van der Waals surface area contributed by atoms with E-state index in [1.165, 1.54) is 36.5 Å². The minimum Gasteiger partial charge on any atom is -0.355 e. The van der Waals surface area contributed by atoms with Gasteiger partial charge >= 0.3 is 0 Å². The molecule has 16 heavy (non-hydrogen) atoms. The van der Waals surface area contributed by atoms with Gasteiger partial charge in [0.1, 0.15) is 5.84 Å². The monoisotopic (exact) mass is 276 g/mol. The highest BCUT2D eigenvalue weighted by Crippen LogP contribution is 2.44. The molecule has 82 valence electrons. The zero-order chi connectivity index (χ0) is 10.7. The third-order valence-corrected chi connectivity index (χ3v) is 4.54. The van der Waals surface area contributed by atoms with Crippen molar-refractivity contribution in [1.29, 1.82) is 0 Å². The lowest BCUT2D eigenvalue weighted by atomic mass is 9.70. The summed E-state index contributed by atoms with van der Waals surface area (Å²) < 4.78 is 1.13. The fourth-order valence-corrected chi connectivity index (χ4v) is 3.52. The molecule has 5 rings (SSSR count). The van der Waals surface area contributed by atoms with Crippen LogP contribution in [0.4, 0.5) is 5.69 Å². The molecule has 0 N–H and O–H groups in total. The van der Waals surface area contributed by atoms with Crippen molar-refractivity contribution in [2.75, 3.05) is 6.54 Å². The maximum Gasteiger partial charge on any atom is 0.108 e. The van der Waals surface area contributed by atoms with Crippen LogP contribution in [0.25, 0.3) is 0 Å². The zero-order valence-corrected chi connectivity index (χ0v) is 10.6. The maximum absolute atomic E-state index is 4.86. The molecule has 4 aliphatic rings. The second kappa shape index (κ2) is 3.10. The number of aliphatic imine (C=N–C) groups is 1. The van der Waals surface area contributed by atoms with Crippen LogP contribution in [-0.2, 0) is 6.54 Å². The second-order valence-electron chi connectivity index (χ2n) is 5.16. The SMILES string of the molecule is Brc1ccc2c(c1)N=C1C3CC(C3)CN1C2. The molecular weight excluding hydrogens is 264 g/mol. The van der Waals surface area contributed by atoms with Crippen molar-refractivity contribution in [1.82, 2.24) is 4.90 Å². The molecule has 2 saturated heterocycles. The highest BCUT2D eigenvalue weighted by atomic mass is 79.9. The van der Waals surface area contributed by atoms with Crippen LogP contribution in [0.3, 0.4) is 0 Å². The van der Waals surface area contributed by atoms with Crippen LogP contribution < -0.4 is 0 Å². The number of benzene rings is 1. The molecule has 2 bridgehead atoms. The Morgan fingerprint density at radius 2 is 2.19 bits per heavy atom. The van der Waals surface area contributed by atoms with Crippen LogP contribution in [0.2, 0.25) is 0 Å². The molecular formula is C13H13BrN2. The van der Waals surface area contributed by atoms with Crippen molar-refractivity contribution in [2.45, 2.75) is 19.4 Å². The van der Waals surface area contributed by atoms with Gasteiger partial charge in [-0.15, -0.1) is 0 Å². The molecule has 3 aliphatic heterocycles. The molecule has 1 saturated carbocycles. The molecule has 1 aromatic carbocycles. The van der Waals surface area contributed by atoms with Crippen LogP contribution in [0.1, 0.15) is 18.4 Å². The Bertz CT molecular complexity index is 489. The number of fused-ring (bicyclic) bond motifs is 1. The van der Waals surface area contributed by atoms with Gasteiger partial charge in [-0.3, -0.25) is 0 Å². The van der Waals surface area contributed by atoms with E-state index >= 15 is 0 Å². The summed E-state index contributed by atoms with van der Waals surface area (Å²) in [6, 6.07) is 6.45. The summed E-state index contributed by atoms with van der Waals surface area (Å²) in [5, 5.41) is 0. The Morgan fingerprint density at radius 1 is 1.31 bits per heavy atom. The average Bonchev–Trinajstić information content (AvgIpc) is 2.24. The normalized spacial score (nSPS) is 30.1. The van der Waals surface area contributed by atoms with Crippen LogP contribution >= 0.6 is 15.9 Å². The van der Waals surface area contributed by atoms with Gasteiger partial charge in [0.25, 0.3) is 0 Å². The second-order valence-corrected chi connectivity index (χ2v) is 6.07. The third kappa shape index (κ3) is 1.21. The van der Waals surface area contributed by atoms with Crippen LogP contribution in [-0.4, -0.2) is 17.3 Å². The van der Waals surface area contributed by atoms with E-state index in [4.69, 9.17) is 4.99 Å². The molecule has 0 spiro atoms. The van der Waals surface area contributed by atoms with Crippen molar-refractivity contribution in [3.63, 3.8) is 0 Å². The number of hydrogen-bond donors (Lipinski definition) is 0. The highest BCUT2D eigenvalue weighted by Gasteiger charge is 2.43. The summed E-state index contributed by atoms with van der Waals surface area (Å²) in [5.74, 6) is 3.06. The van der Waals surface area contributed by atoms with Gasteiger partial charge in [0.05, 0.1) is 5.69 Å². The Labute approximate surface area is 103 Å². The Balaban J connectivity index is 1.82. The first-order valence-electron chi connectivity index (χ1n) is 5.91. The lowest BCUT2D eigenvalue weighted by molar-refractivity contribution is 0.135. The number of hydrogen-bond acceptors (Lipinski definition) is 2. The van der Waals surface area contributed by atoms with E-state index in [2.05, 4.69) is 39.0 Å². The van der Waals surface area contributed by atoms with Crippen molar-refractivity contribution >= 4 is 27.5 Å². The standard InChI is InChI=1S/C13H13BrN2/c14-11-2-1-9-7-16-6-8-3-10(4-8)13(16)15-12(9)5-11/h1-2,5,8,10H,3-4,6-7H2. The summed E-state index contributed by atoms with van der Waals surface area (Å²) in [7, 11) is 0. The van der Waals surface area contributed by atoms with E-state index in [-0.39, 0.29) is 0 Å². The summed E-state index contributed by atoms with van der Waals surface area (Å²) in [5.41, 5.74) is 2.54. The predicted molar refractivity (Wildman–Crippen MR) is 67.9 cm³/mol. The van der Waals surface area contributed by atoms with E-state index in [1.54, 1.807) is 0 Å².